The molecule has 2 aromatic heterocycles. The first-order valence-electron chi connectivity index (χ1n) is 8.52. The van der Waals surface area contributed by atoms with Gasteiger partial charge in [-0.2, -0.15) is 0 Å². The maximum absolute atomic E-state index is 12.1. The lowest BCUT2D eigenvalue weighted by molar-refractivity contribution is 0.102. The summed E-state index contributed by atoms with van der Waals surface area (Å²) in [6.07, 6.45) is 4.93. The van der Waals surface area contributed by atoms with E-state index in [0.29, 0.717) is 5.56 Å². The number of para-hydroxylation sites is 2. The summed E-state index contributed by atoms with van der Waals surface area (Å²) in [5.41, 5.74) is 4.57. The molecular weight excluding hydrogens is 324 g/mol. The number of anilines is 1. The van der Waals surface area contributed by atoms with Crippen LogP contribution in [0.3, 0.4) is 0 Å². The number of aryl methyl sites for hydroxylation is 2. The number of imidazole rings is 1. The normalized spacial score (nSPS) is 10.8. The molecule has 0 radical (unpaired) electrons. The molecule has 0 aliphatic carbocycles. The Morgan fingerprint density at radius 3 is 2.58 bits per heavy atom. The number of benzene rings is 2. The molecule has 2 N–H and O–H groups in total. The zero-order chi connectivity index (χ0) is 17.8. The molecule has 0 unspecified atom stereocenters. The summed E-state index contributed by atoms with van der Waals surface area (Å²) in [5, 5.41) is 2.88. The molecule has 5 nitrogen and oxygen atoms in total. The Hall–Kier alpha value is -3.47. The Balaban J connectivity index is 1.37. The molecule has 0 bridgehead atoms. The van der Waals surface area contributed by atoms with E-state index in [4.69, 9.17) is 0 Å². The van der Waals surface area contributed by atoms with Gasteiger partial charge in [-0.3, -0.25) is 9.78 Å². The number of hydrogen-bond acceptors (Lipinski definition) is 3. The third-order valence-electron chi connectivity index (χ3n) is 4.22. The van der Waals surface area contributed by atoms with Gasteiger partial charge in [0, 0.05) is 24.5 Å². The summed E-state index contributed by atoms with van der Waals surface area (Å²) in [5.74, 6) is 0.827. The fourth-order valence-electron chi connectivity index (χ4n) is 2.84. The predicted octanol–water partition coefficient (Wildman–Crippen LogP) is 4.00. The second kappa shape index (κ2) is 7.19. The lowest BCUT2D eigenvalue weighted by atomic mass is 10.1. The largest absolute Gasteiger partial charge is 0.342 e. The van der Waals surface area contributed by atoms with Crippen molar-refractivity contribution in [2.24, 2.45) is 0 Å². The first kappa shape index (κ1) is 16.0. The maximum atomic E-state index is 12.1. The summed E-state index contributed by atoms with van der Waals surface area (Å²) >= 11 is 0. The molecule has 0 fully saturated rings. The Bertz CT molecular complexity index is 990. The Kier molecular flexibility index (Phi) is 4.43. The molecule has 0 spiro atoms. The minimum Gasteiger partial charge on any atom is -0.342 e. The van der Waals surface area contributed by atoms with E-state index in [-0.39, 0.29) is 5.91 Å². The summed E-state index contributed by atoms with van der Waals surface area (Å²) in [4.78, 5) is 24.0. The minimum absolute atomic E-state index is 0.159. The van der Waals surface area contributed by atoms with Crippen LogP contribution >= 0.6 is 0 Å². The Labute approximate surface area is 151 Å². The second-order valence-corrected chi connectivity index (χ2v) is 6.09. The van der Waals surface area contributed by atoms with Gasteiger partial charge in [-0.25, -0.2) is 4.98 Å². The van der Waals surface area contributed by atoms with Crippen LogP contribution in [0.15, 0.2) is 73.1 Å². The van der Waals surface area contributed by atoms with E-state index >= 15 is 0 Å². The highest BCUT2D eigenvalue weighted by atomic mass is 16.1. The molecule has 4 rings (SSSR count). The van der Waals surface area contributed by atoms with Crippen molar-refractivity contribution in [3.8, 4) is 0 Å². The molecule has 1 amide bonds. The van der Waals surface area contributed by atoms with Gasteiger partial charge in [0.25, 0.3) is 5.91 Å². The molecule has 0 aliphatic rings. The molecular formula is C21H18N4O. The van der Waals surface area contributed by atoms with Crippen LogP contribution in [0.4, 0.5) is 5.69 Å². The first-order chi connectivity index (χ1) is 12.8. The number of aromatic nitrogens is 3. The van der Waals surface area contributed by atoms with Crippen LogP contribution in [0.25, 0.3) is 11.0 Å². The number of amides is 1. The van der Waals surface area contributed by atoms with Crippen molar-refractivity contribution in [3.63, 3.8) is 0 Å². The minimum atomic E-state index is -0.159. The van der Waals surface area contributed by atoms with Crippen LogP contribution in [0.2, 0.25) is 0 Å². The fraction of sp³-hybridized carbons (Fsp3) is 0.0952. The van der Waals surface area contributed by atoms with E-state index in [9.17, 15) is 4.79 Å². The molecule has 2 heterocycles. The lowest BCUT2D eigenvalue weighted by Gasteiger charge is -2.06. The number of H-pyrrole nitrogens is 1. The lowest BCUT2D eigenvalue weighted by Crippen LogP contribution is -2.11. The molecule has 0 atom stereocenters. The third kappa shape index (κ3) is 3.62. The summed E-state index contributed by atoms with van der Waals surface area (Å²) in [6.45, 7) is 0. The van der Waals surface area contributed by atoms with Crippen molar-refractivity contribution >= 4 is 22.6 Å². The van der Waals surface area contributed by atoms with Gasteiger partial charge in [-0.1, -0.05) is 24.3 Å². The highest BCUT2D eigenvalue weighted by Crippen LogP contribution is 2.15. The number of nitrogens with one attached hydrogen (secondary N) is 2. The highest BCUT2D eigenvalue weighted by Gasteiger charge is 2.06. The van der Waals surface area contributed by atoms with Gasteiger partial charge < -0.3 is 10.3 Å². The third-order valence-corrected chi connectivity index (χ3v) is 4.22. The number of nitrogens with zero attached hydrogens (tertiary/aromatic N) is 2. The monoisotopic (exact) mass is 342 g/mol. The van der Waals surface area contributed by atoms with Crippen molar-refractivity contribution in [2.75, 3.05) is 5.32 Å². The molecule has 128 valence electrons. The van der Waals surface area contributed by atoms with E-state index in [1.54, 1.807) is 24.5 Å². The molecule has 0 aliphatic heterocycles. The van der Waals surface area contributed by atoms with E-state index in [2.05, 4.69) is 20.3 Å². The fourth-order valence-corrected chi connectivity index (χ4v) is 2.84. The van der Waals surface area contributed by atoms with Crippen molar-refractivity contribution in [1.82, 2.24) is 15.0 Å². The molecule has 2 aromatic carbocycles. The number of rotatable bonds is 5. The van der Waals surface area contributed by atoms with Crippen molar-refractivity contribution in [3.05, 3.63) is 90.0 Å². The summed E-state index contributed by atoms with van der Waals surface area (Å²) < 4.78 is 0. The van der Waals surface area contributed by atoms with Crippen LogP contribution in [-0.4, -0.2) is 20.9 Å². The number of aromatic amines is 1. The van der Waals surface area contributed by atoms with Crippen LogP contribution in [0.5, 0.6) is 0 Å². The Morgan fingerprint density at radius 1 is 0.962 bits per heavy atom. The summed E-state index contributed by atoms with van der Waals surface area (Å²) in [7, 11) is 0. The highest BCUT2D eigenvalue weighted by molar-refractivity contribution is 6.03. The maximum Gasteiger partial charge on any atom is 0.257 e. The molecule has 26 heavy (non-hydrogen) atoms. The number of carbonyl (C=O) groups is 1. The molecule has 5 heteroatoms. The summed E-state index contributed by atoms with van der Waals surface area (Å²) in [6, 6.07) is 19.4. The average molecular weight is 342 g/mol. The van der Waals surface area contributed by atoms with Crippen molar-refractivity contribution in [1.29, 1.82) is 0 Å². The van der Waals surface area contributed by atoms with Crippen molar-refractivity contribution in [2.45, 2.75) is 12.8 Å². The number of carbonyl (C=O) groups excluding carboxylic acids is 1. The number of hydrogen-bond donors (Lipinski definition) is 2. The van der Waals surface area contributed by atoms with Crippen LogP contribution < -0.4 is 5.32 Å². The van der Waals surface area contributed by atoms with Gasteiger partial charge in [0.15, 0.2) is 0 Å². The predicted molar refractivity (Wildman–Crippen MR) is 102 cm³/mol. The van der Waals surface area contributed by atoms with Gasteiger partial charge in [0.2, 0.25) is 0 Å². The molecule has 4 aromatic rings. The zero-order valence-electron chi connectivity index (χ0n) is 14.1. The van der Waals surface area contributed by atoms with E-state index < -0.39 is 0 Å². The SMILES string of the molecule is O=C(Nc1ccc(CCc2nc3ccccc3[nH]2)cc1)c1cccnc1. The van der Waals surface area contributed by atoms with E-state index in [1.165, 1.54) is 5.56 Å². The first-order valence-corrected chi connectivity index (χ1v) is 8.52. The average Bonchev–Trinajstić information content (AvgIpc) is 3.11. The number of pyridine rings is 1. The van der Waals surface area contributed by atoms with Gasteiger partial charge in [0.05, 0.1) is 16.6 Å². The molecule has 0 saturated carbocycles. The standard InChI is InChI=1S/C21H18N4O/c26-21(16-4-3-13-22-14-16)23-17-10-7-15(8-11-17)9-12-20-24-18-5-1-2-6-19(18)25-20/h1-8,10-11,13-14H,9,12H2,(H,23,26)(H,24,25). The zero-order valence-corrected chi connectivity index (χ0v) is 14.1. The van der Waals surface area contributed by atoms with Crippen LogP contribution in [-0.2, 0) is 12.8 Å². The Morgan fingerprint density at radius 2 is 1.81 bits per heavy atom. The smallest absolute Gasteiger partial charge is 0.257 e. The molecule has 0 saturated heterocycles. The van der Waals surface area contributed by atoms with Gasteiger partial charge in [-0.05, 0) is 48.4 Å². The van der Waals surface area contributed by atoms with Crippen molar-refractivity contribution < 1.29 is 4.79 Å². The van der Waals surface area contributed by atoms with Crippen LogP contribution in [0.1, 0.15) is 21.7 Å². The van der Waals surface area contributed by atoms with E-state index in [1.807, 2.05) is 48.5 Å². The topological polar surface area (TPSA) is 70.7 Å². The van der Waals surface area contributed by atoms with Gasteiger partial charge >= 0.3 is 0 Å². The van der Waals surface area contributed by atoms with Gasteiger partial charge in [-0.15, -0.1) is 0 Å². The second-order valence-electron chi connectivity index (χ2n) is 6.09. The van der Waals surface area contributed by atoms with Crippen LogP contribution in [0, 0.1) is 0 Å². The number of fused-ring (bicyclic) bond motifs is 1. The van der Waals surface area contributed by atoms with E-state index in [0.717, 1.165) is 35.4 Å². The van der Waals surface area contributed by atoms with Gasteiger partial charge in [0.1, 0.15) is 5.82 Å². The quantitative estimate of drug-likeness (QED) is 0.576.